The van der Waals surface area contributed by atoms with Gasteiger partial charge in [-0.1, -0.05) is 44.4 Å². The maximum Gasteiger partial charge on any atom is 0.254 e. The Labute approximate surface area is 116 Å². The summed E-state index contributed by atoms with van der Waals surface area (Å²) in [5, 5.41) is 3.40. The molecule has 3 nitrogen and oxygen atoms in total. The fraction of sp³-hybridized carbons (Fsp3) is 0.562. The molecule has 1 saturated heterocycles. The Bertz CT molecular complexity index is 391. The Hall–Kier alpha value is -1.35. The largest absolute Gasteiger partial charge is 0.333 e. The van der Waals surface area contributed by atoms with Crippen molar-refractivity contribution in [1.29, 1.82) is 0 Å². The highest BCUT2D eigenvalue weighted by Gasteiger charge is 2.26. The van der Waals surface area contributed by atoms with Crippen LogP contribution >= 0.6 is 0 Å². The van der Waals surface area contributed by atoms with E-state index in [1.54, 1.807) is 0 Å². The molecule has 1 aromatic rings. The molecule has 1 unspecified atom stereocenters. The number of nitrogens with one attached hydrogen (secondary N) is 1. The van der Waals surface area contributed by atoms with Crippen LogP contribution in [0.1, 0.15) is 43.0 Å². The van der Waals surface area contributed by atoms with Gasteiger partial charge in [-0.05, 0) is 18.6 Å². The van der Waals surface area contributed by atoms with Crippen LogP contribution in [0.3, 0.4) is 0 Å². The molecular formula is C16H24N2O. The van der Waals surface area contributed by atoms with Gasteiger partial charge in [-0.3, -0.25) is 4.79 Å². The first kappa shape index (κ1) is 14.1. The number of carbonyl (C=O) groups is 1. The van der Waals surface area contributed by atoms with Crippen LogP contribution in [0.15, 0.2) is 30.3 Å². The first-order valence-corrected chi connectivity index (χ1v) is 7.39. The number of piperazine rings is 1. The molecule has 3 heteroatoms. The molecule has 0 aliphatic carbocycles. The predicted molar refractivity (Wildman–Crippen MR) is 78.3 cm³/mol. The van der Waals surface area contributed by atoms with E-state index >= 15 is 0 Å². The third kappa shape index (κ3) is 3.80. The smallest absolute Gasteiger partial charge is 0.254 e. The van der Waals surface area contributed by atoms with E-state index in [1.807, 2.05) is 30.3 Å². The lowest BCUT2D eigenvalue weighted by atomic mass is 10.0. The van der Waals surface area contributed by atoms with Crippen molar-refractivity contribution >= 4 is 5.91 Å². The number of hydrogen-bond donors (Lipinski definition) is 1. The van der Waals surface area contributed by atoms with E-state index in [4.69, 9.17) is 0 Å². The maximum absolute atomic E-state index is 12.5. The lowest BCUT2D eigenvalue weighted by molar-refractivity contribution is 0.0622. The highest BCUT2D eigenvalue weighted by atomic mass is 16.2. The van der Waals surface area contributed by atoms with Crippen LogP contribution in [0.25, 0.3) is 0 Å². The van der Waals surface area contributed by atoms with E-state index in [0.717, 1.165) is 31.6 Å². The van der Waals surface area contributed by atoms with E-state index in [0.29, 0.717) is 6.04 Å². The van der Waals surface area contributed by atoms with E-state index in [9.17, 15) is 4.79 Å². The van der Waals surface area contributed by atoms with E-state index in [1.165, 1.54) is 19.3 Å². The number of amides is 1. The van der Waals surface area contributed by atoms with Crippen molar-refractivity contribution in [1.82, 2.24) is 10.2 Å². The molecule has 0 radical (unpaired) electrons. The van der Waals surface area contributed by atoms with Gasteiger partial charge in [0.05, 0.1) is 0 Å². The van der Waals surface area contributed by atoms with Gasteiger partial charge in [0.2, 0.25) is 0 Å². The van der Waals surface area contributed by atoms with Crippen LogP contribution in [0, 0.1) is 0 Å². The zero-order valence-electron chi connectivity index (χ0n) is 11.8. The summed E-state index contributed by atoms with van der Waals surface area (Å²) in [7, 11) is 0. The summed E-state index contributed by atoms with van der Waals surface area (Å²) in [5.41, 5.74) is 0.810. The van der Waals surface area contributed by atoms with Crippen molar-refractivity contribution < 1.29 is 4.79 Å². The Morgan fingerprint density at radius 1 is 1.32 bits per heavy atom. The van der Waals surface area contributed by atoms with Crippen LogP contribution in [0.2, 0.25) is 0 Å². The Morgan fingerprint density at radius 2 is 2.11 bits per heavy atom. The summed E-state index contributed by atoms with van der Waals surface area (Å²) in [6.07, 6.45) is 4.80. The lowest BCUT2D eigenvalue weighted by Gasteiger charge is -2.36. The number of nitrogens with zero attached hydrogens (tertiary/aromatic N) is 1. The van der Waals surface area contributed by atoms with Crippen LogP contribution < -0.4 is 5.32 Å². The molecule has 1 aromatic carbocycles. The first-order valence-electron chi connectivity index (χ1n) is 7.39. The second-order valence-electron chi connectivity index (χ2n) is 5.22. The lowest BCUT2D eigenvalue weighted by Crippen LogP contribution is -2.53. The summed E-state index contributed by atoms with van der Waals surface area (Å²) in [4.78, 5) is 14.6. The Balaban J connectivity index is 2.00. The summed E-state index contributed by atoms with van der Waals surface area (Å²) < 4.78 is 0. The van der Waals surface area contributed by atoms with Crippen molar-refractivity contribution in [3.8, 4) is 0 Å². The third-order valence-electron chi connectivity index (χ3n) is 3.77. The van der Waals surface area contributed by atoms with Gasteiger partial charge in [0.1, 0.15) is 0 Å². The Kier molecular flexibility index (Phi) is 5.40. The third-order valence-corrected chi connectivity index (χ3v) is 3.77. The maximum atomic E-state index is 12.5. The van der Waals surface area contributed by atoms with Gasteiger partial charge in [-0.15, -0.1) is 0 Å². The molecule has 104 valence electrons. The fourth-order valence-corrected chi connectivity index (χ4v) is 2.66. The fourth-order valence-electron chi connectivity index (χ4n) is 2.66. The van der Waals surface area contributed by atoms with E-state index in [-0.39, 0.29) is 5.91 Å². The van der Waals surface area contributed by atoms with Crippen LogP contribution in [0.5, 0.6) is 0 Å². The average molecular weight is 260 g/mol. The highest BCUT2D eigenvalue weighted by molar-refractivity contribution is 5.94. The van der Waals surface area contributed by atoms with Crippen molar-refractivity contribution in [2.45, 2.75) is 38.6 Å². The molecule has 0 aromatic heterocycles. The summed E-state index contributed by atoms with van der Waals surface area (Å²) >= 11 is 0. The van der Waals surface area contributed by atoms with Gasteiger partial charge >= 0.3 is 0 Å². The number of rotatable bonds is 5. The molecule has 1 aliphatic rings. The van der Waals surface area contributed by atoms with Crippen molar-refractivity contribution in [3.05, 3.63) is 35.9 Å². The summed E-state index contributed by atoms with van der Waals surface area (Å²) in [6, 6.07) is 9.99. The molecule has 0 bridgehead atoms. The second kappa shape index (κ2) is 7.29. The molecule has 1 atom stereocenters. The minimum Gasteiger partial charge on any atom is -0.333 e. The van der Waals surface area contributed by atoms with Gasteiger partial charge < -0.3 is 10.2 Å². The molecule has 1 N–H and O–H groups in total. The molecule has 2 rings (SSSR count). The van der Waals surface area contributed by atoms with E-state index < -0.39 is 0 Å². The van der Waals surface area contributed by atoms with E-state index in [2.05, 4.69) is 17.1 Å². The molecule has 0 saturated carbocycles. The van der Waals surface area contributed by atoms with Gasteiger partial charge in [0.15, 0.2) is 0 Å². The van der Waals surface area contributed by atoms with Gasteiger partial charge in [-0.2, -0.15) is 0 Å². The average Bonchev–Trinajstić information content (AvgIpc) is 2.48. The summed E-state index contributed by atoms with van der Waals surface area (Å²) in [6.45, 7) is 4.88. The first-order chi connectivity index (χ1) is 9.33. The SMILES string of the molecule is CCCCCC1CNCCN1C(=O)c1ccccc1. The summed E-state index contributed by atoms with van der Waals surface area (Å²) in [5.74, 6) is 0.184. The minimum atomic E-state index is 0.184. The quantitative estimate of drug-likeness (QED) is 0.826. The normalized spacial score (nSPS) is 19.4. The van der Waals surface area contributed by atoms with Gasteiger partial charge in [-0.25, -0.2) is 0 Å². The molecule has 1 fully saturated rings. The predicted octanol–water partition coefficient (Wildman–Crippen LogP) is 2.68. The molecule has 1 heterocycles. The minimum absolute atomic E-state index is 0.184. The van der Waals surface area contributed by atoms with Crippen LogP contribution in [-0.4, -0.2) is 36.5 Å². The van der Waals surface area contributed by atoms with Gasteiger partial charge in [0.25, 0.3) is 5.91 Å². The van der Waals surface area contributed by atoms with Crippen LogP contribution in [0.4, 0.5) is 0 Å². The highest BCUT2D eigenvalue weighted by Crippen LogP contribution is 2.15. The standard InChI is InChI=1S/C16H24N2O/c1-2-3-5-10-15-13-17-11-12-18(15)16(19)14-8-6-4-7-9-14/h4,6-9,15,17H,2-3,5,10-13H2,1H3. The zero-order chi connectivity index (χ0) is 13.5. The monoisotopic (exact) mass is 260 g/mol. The zero-order valence-corrected chi connectivity index (χ0v) is 11.8. The van der Waals surface area contributed by atoms with Gasteiger partial charge in [0, 0.05) is 31.2 Å². The topological polar surface area (TPSA) is 32.3 Å². The van der Waals surface area contributed by atoms with Crippen LogP contribution in [-0.2, 0) is 0 Å². The number of unbranched alkanes of at least 4 members (excludes halogenated alkanes) is 2. The molecule has 19 heavy (non-hydrogen) atoms. The molecule has 1 amide bonds. The number of benzene rings is 1. The Morgan fingerprint density at radius 3 is 2.84 bits per heavy atom. The molecule has 1 aliphatic heterocycles. The molecule has 0 spiro atoms. The second-order valence-corrected chi connectivity index (χ2v) is 5.22. The number of hydrogen-bond acceptors (Lipinski definition) is 2. The van der Waals surface area contributed by atoms with Crippen molar-refractivity contribution in [2.24, 2.45) is 0 Å². The number of carbonyl (C=O) groups excluding carboxylic acids is 1. The van der Waals surface area contributed by atoms with Crippen molar-refractivity contribution in [3.63, 3.8) is 0 Å². The molecular weight excluding hydrogens is 236 g/mol. The van der Waals surface area contributed by atoms with Crippen molar-refractivity contribution in [2.75, 3.05) is 19.6 Å².